The lowest BCUT2D eigenvalue weighted by Crippen LogP contribution is -2.48. The zero-order valence-corrected chi connectivity index (χ0v) is 16.3. The molecule has 150 valence electrons. The number of nitrogens with zero attached hydrogens (tertiary/aromatic N) is 3. The summed E-state index contributed by atoms with van der Waals surface area (Å²) in [5.41, 5.74) is 7.77. The number of amides is 3. The Kier molecular flexibility index (Phi) is 3.79. The molecule has 1 atom stereocenters. The molecule has 0 aliphatic carbocycles. The van der Waals surface area contributed by atoms with Crippen molar-refractivity contribution in [3.63, 3.8) is 0 Å². The third kappa shape index (κ3) is 2.40. The smallest absolute Gasteiger partial charge is 0.243 e. The van der Waals surface area contributed by atoms with E-state index in [-0.39, 0.29) is 24.8 Å². The first-order chi connectivity index (χ1) is 14.4. The van der Waals surface area contributed by atoms with Crippen LogP contribution in [0.5, 0.6) is 0 Å². The number of carbonyl (C=O) groups is 3. The van der Waals surface area contributed by atoms with E-state index < -0.39 is 11.3 Å². The predicted molar refractivity (Wildman–Crippen MR) is 110 cm³/mol. The van der Waals surface area contributed by atoms with Gasteiger partial charge in [0.05, 0.1) is 11.9 Å². The van der Waals surface area contributed by atoms with E-state index in [0.717, 1.165) is 11.3 Å². The summed E-state index contributed by atoms with van der Waals surface area (Å²) in [6.45, 7) is 1.67. The van der Waals surface area contributed by atoms with Gasteiger partial charge in [-0.1, -0.05) is 35.9 Å². The number of hydrogen-bond donors (Lipinski definition) is 2. The van der Waals surface area contributed by atoms with Crippen LogP contribution in [0, 0.1) is 6.92 Å². The van der Waals surface area contributed by atoms with Crippen molar-refractivity contribution in [1.29, 1.82) is 0 Å². The number of rotatable bonds is 3. The topological polar surface area (TPSA) is 110 Å². The predicted octanol–water partition coefficient (Wildman–Crippen LogP) is 1.64. The highest BCUT2D eigenvalue weighted by atomic mass is 16.2. The lowest BCUT2D eigenvalue weighted by atomic mass is 9.71. The molecule has 0 saturated carbocycles. The minimum Gasteiger partial charge on any atom is -0.368 e. The molecule has 0 radical (unpaired) electrons. The van der Waals surface area contributed by atoms with Crippen LogP contribution < -0.4 is 16.0 Å². The summed E-state index contributed by atoms with van der Waals surface area (Å²) in [7, 11) is 0. The third-order valence-corrected chi connectivity index (χ3v) is 5.74. The molecule has 0 saturated heterocycles. The molecule has 0 bridgehead atoms. The summed E-state index contributed by atoms with van der Waals surface area (Å²) in [6.07, 6.45) is 1.56. The number of nitrogens with one attached hydrogen (secondary N) is 1. The molecule has 3 aromatic rings. The highest BCUT2D eigenvalue weighted by Gasteiger charge is 2.57. The number of aromatic nitrogens is 2. The van der Waals surface area contributed by atoms with Crippen LogP contribution in [-0.4, -0.2) is 34.0 Å². The van der Waals surface area contributed by atoms with E-state index in [4.69, 9.17) is 5.73 Å². The number of benzene rings is 2. The van der Waals surface area contributed by atoms with Crippen LogP contribution in [-0.2, 0) is 19.8 Å². The quantitative estimate of drug-likeness (QED) is 0.695. The Morgan fingerprint density at radius 2 is 1.93 bits per heavy atom. The number of aryl methyl sites for hydroxylation is 1. The lowest BCUT2D eigenvalue weighted by Gasteiger charge is -2.32. The van der Waals surface area contributed by atoms with Crippen molar-refractivity contribution in [3.8, 4) is 5.69 Å². The molecule has 2 aliphatic heterocycles. The summed E-state index contributed by atoms with van der Waals surface area (Å²) >= 11 is 0. The van der Waals surface area contributed by atoms with Crippen molar-refractivity contribution in [2.24, 2.45) is 5.73 Å². The van der Waals surface area contributed by atoms with E-state index in [1.165, 1.54) is 4.90 Å². The summed E-state index contributed by atoms with van der Waals surface area (Å²) in [5.74, 6) is -0.793. The molecule has 8 heteroatoms. The maximum absolute atomic E-state index is 13.7. The molecule has 5 rings (SSSR count). The Labute approximate surface area is 172 Å². The van der Waals surface area contributed by atoms with Crippen molar-refractivity contribution < 1.29 is 14.4 Å². The first-order valence-electron chi connectivity index (χ1n) is 9.57. The first kappa shape index (κ1) is 18.1. The van der Waals surface area contributed by atoms with Gasteiger partial charge in [0.2, 0.25) is 17.7 Å². The van der Waals surface area contributed by atoms with Crippen LogP contribution in [0.15, 0.2) is 54.7 Å². The van der Waals surface area contributed by atoms with Gasteiger partial charge in [-0.05, 0) is 30.7 Å². The fraction of sp³-hybridized carbons (Fsp3) is 0.182. The molecule has 30 heavy (non-hydrogen) atoms. The van der Waals surface area contributed by atoms with Gasteiger partial charge in [-0.3, -0.25) is 14.4 Å². The van der Waals surface area contributed by atoms with Crippen LogP contribution >= 0.6 is 0 Å². The largest absolute Gasteiger partial charge is 0.368 e. The Bertz CT molecular complexity index is 1220. The zero-order valence-electron chi connectivity index (χ0n) is 16.3. The molecule has 1 spiro atoms. The summed E-state index contributed by atoms with van der Waals surface area (Å²) < 4.78 is 1.62. The molecule has 0 fully saturated rings. The molecule has 2 aromatic carbocycles. The van der Waals surface area contributed by atoms with Crippen LogP contribution in [0.2, 0.25) is 0 Å². The van der Waals surface area contributed by atoms with Crippen LogP contribution in [0.4, 0.5) is 11.5 Å². The Balaban J connectivity index is 1.77. The Morgan fingerprint density at radius 1 is 1.17 bits per heavy atom. The van der Waals surface area contributed by atoms with Crippen molar-refractivity contribution in [3.05, 3.63) is 71.4 Å². The maximum atomic E-state index is 13.7. The molecule has 1 unspecified atom stereocenters. The van der Waals surface area contributed by atoms with Crippen molar-refractivity contribution in [2.75, 3.05) is 16.8 Å². The number of para-hydroxylation sites is 1. The molecule has 3 amide bonds. The summed E-state index contributed by atoms with van der Waals surface area (Å²) in [4.78, 5) is 39.6. The van der Waals surface area contributed by atoms with E-state index in [1.807, 2.05) is 49.4 Å². The van der Waals surface area contributed by atoms with Crippen molar-refractivity contribution in [1.82, 2.24) is 9.78 Å². The SMILES string of the molecule is Cc1ccc2c(c1)C1(CC(=O)Nc3c1cnn3-c1ccccc1)C(=O)N2CC(N)=O. The monoisotopic (exact) mass is 401 g/mol. The minimum atomic E-state index is -1.25. The second-order valence-electron chi connectivity index (χ2n) is 7.66. The van der Waals surface area contributed by atoms with Gasteiger partial charge >= 0.3 is 0 Å². The van der Waals surface area contributed by atoms with E-state index in [9.17, 15) is 14.4 Å². The molecular formula is C22H19N5O3. The lowest BCUT2D eigenvalue weighted by molar-refractivity contribution is -0.127. The molecule has 1 aromatic heterocycles. The second-order valence-corrected chi connectivity index (χ2v) is 7.66. The Morgan fingerprint density at radius 3 is 2.67 bits per heavy atom. The highest BCUT2D eigenvalue weighted by Crippen LogP contribution is 2.52. The number of anilines is 2. The van der Waals surface area contributed by atoms with E-state index >= 15 is 0 Å². The van der Waals surface area contributed by atoms with Crippen molar-refractivity contribution in [2.45, 2.75) is 18.8 Å². The summed E-state index contributed by atoms with van der Waals surface area (Å²) in [5, 5.41) is 7.36. The molecule has 3 N–H and O–H groups in total. The average Bonchev–Trinajstić information content (AvgIpc) is 3.23. The van der Waals surface area contributed by atoms with E-state index in [2.05, 4.69) is 10.4 Å². The molecule has 2 aliphatic rings. The van der Waals surface area contributed by atoms with Gasteiger partial charge in [0.25, 0.3) is 0 Å². The highest BCUT2D eigenvalue weighted by molar-refractivity contribution is 6.17. The second kappa shape index (κ2) is 6.28. The fourth-order valence-electron chi connectivity index (χ4n) is 4.48. The van der Waals surface area contributed by atoms with Gasteiger partial charge in [-0.15, -0.1) is 0 Å². The standard InChI is InChI=1S/C22H19N5O3/c1-13-7-8-17-15(9-13)22(21(30)26(17)12-18(23)28)10-19(29)25-20-16(22)11-24-27(20)14-5-3-2-4-6-14/h2-9,11H,10,12H2,1H3,(H2,23,28)(H,25,29). The molecule has 3 heterocycles. The number of carbonyl (C=O) groups excluding carboxylic acids is 3. The van der Waals surface area contributed by atoms with Crippen LogP contribution in [0.1, 0.15) is 23.1 Å². The number of hydrogen-bond acceptors (Lipinski definition) is 4. The van der Waals surface area contributed by atoms with E-state index in [0.29, 0.717) is 22.6 Å². The van der Waals surface area contributed by atoms with Crippen LogP contribution in [0.3, 0.4) is 0 Å². The first-order valence-corrected chi connectivity index (χ1v) is 9.57. The van der Waals surface area contributed by atoms with Crippen LogP contribution in [0.25, 0.3) is 5.69 Å². The van der Waals surface area contributed by atoms with Gasteiger partial charge in [0.15, 0.2) is 0 Å². The molecule has 8 nitrogen and oxygen atoms in total. The van der Waals surface area contributed by atoms with E-state index in [1.54, 1.807) is 16.9 Å². The average molecular weight is 401 g/mol. The summed E-state index contributed by atoms with van der Waals surface area (Å²) in [6, 6.07) is 14.9. The fourth-order valence-corrected chi connectivity index (χ4v) is 4.48. The van der Waals surface area contributed by atoms with Gasteiger partial charge in [-0.25, -0.2) is 4.68 Å². The normalized spacial score (nSPS) is 19.6. The maximum Gasteiger partial charge on any atom is 0.243 e. The number of fused-ring (bicyclic) bond motifs is 4. The van der Waals surface area contributed by atoms with Gasteiger partial charge in [-0.2, -0.15) is 5.10 Å². The Hall–Kier alpha value is -3.94. The number of primary amides is 1. The van der Waals surface area contributed by atoms with Gasteiger partial charge < -0.3 is 16.0 Å². The van der Waals surface area contributed by atoms with Gasteiger partial charge in [0, 0.05) is 17.7 Å². The van der Waals surface area contributed by atoms with Crippen molar-refractivity contribution >= 4 is 29.2 Å². The molecular weight excluding hydrogens is 382 g/mol. The van der Waals surface area contributed by atoms with Gasteiger partial charge in [0.1, 0.15) is 17.8 Å². The zero-order chi connectivity index (χ0) is 21.0. The third-order valence-electron chi connectivity index (χ3n) is 5.74. The number of nitrogens with two attached hydrogens (primary N) is 1. The minimum absolute atomic E-state index is 0.0645.